The highest BCUT2D eigenvalue weighted by atomic mass is 32.1. The Bertz CT molecular complexity index is 700. The van der Waals surface area contributed by atoms with Crippen LogP contribution in [-0.4, -0.2) is 17.2 Å². The van der Waals surface area contributed by atoms with Gasteiger partial charge in [0.25, 0.3) is 0 Å². The number of nitrogens with zero attached hydrogens (tertiary/aromatic N) is 1. The SMILES string of the molecule is C=C(NN)c1ccc2[nH]nc(-c3ccsc3)c2c1.CN. The number of rotatable bonds is 3. The van der Waals surface area contributed by atoms with Crippen LogP contribution in [0.15, 0.2) is 41.6 Å². The first-order valence-electron chi connectivity index (χ1n) is 6.04. The Balaban J connectivity index is 0.000000704. The van der Waals surface area contributed by atoms with Crippen LogP contribution < -0.4 is 17.0 Å². The fourth-order valence-corrected chi connectivity index (χ4v) is 2.54. The van der Waals surface area contributed by atoms with Crippen molar-refractivity contribution in [2.75, 3.05) is 7.05 Å². The number of hydrazine groups is 1. The van der Waals surface area contributed by atoms with Crippen LogP contribution in [0.5, 0.6) is 0 Å². The van der Waals surface area contributed by atoms with E-state index in [1.807, 2.05) is 23.6 Å². The fraction of sp³-hybridized carbons (Fsp3) is 0.0714. The predicted molar refractivity (Wildman–Crippen MR) is 85.9 cm³/mol. The molecule has 2 heterocycles. The van der Waals surface area contributed by atoms with E-state index in [1.54, 1.807) is 11.3 Å². The molecule has 0 radical (unpaired) electrons. The normalized spacial score (nSPS) is 9.95. The minimum atomic E-state index is 0.689. The van der Waals surface area contributed by atoms with Crippen molar-refractivity contribution in [1.29, 1.82) is 0 Å². The molecule has 0 saturated heterocycles. The molecule has 2 aromatic heterocycles. The van der Waals surface area contributed by atoms with E-state index in [9.17, 15) is 0 Å². The highest BCUT2D eigenvalue weighted by Crippen LogP contribution is 2.29. The molecule has 0 amide bonds. The summed E-state index contributed by atoms with van der Waals surface area (Å²) in [7, 11) is 1.50. The fourth-order valence-electron chi connectivity index (χ4n) is 1.90. The number of fused-ring (bicyclic) bond motifs is 1. The van der Waals surface area contributed by atoms with Crippen LogP contribution in [0.4, 0.5) is 0 Å². The predicted octanol–water partition coefficient (Wildman–Crippen LogP) is 2.30. The van der Waals surface area contributed by atoms with Gasteiger partial charge in [-0.2, -0.15) is 16.4 Å². The van der Waals surface area contributed by atoms with Gasteiger partial charge in [-0.1, -0.05) is 12.6 Å². The second kappa shape index (κ2) is 6.33. The summed E-state index contributed by atoms with van der Waals surface area (Å²) in [5, 5.41) is 12.6. The summed E-state index contributed by atoms with van der Waals surface area (Å²) in [6.45, 7) is 3.86. The van der Waals surface area contributed by atoms with Gasteiger partial charge in [0.15, 0.2) is 0 Å². The summed E-state index contributed by atoms with van der Waals surface area (Å²) < 4.78 is 0. The highest BCUT2D eigenvalue weighted by molar-refractivity contribution is 7.08. The molecule has 0 bridgehead atoms. The molecule has 3 aromatic rings. The van der Waals surface area contributed by atoms with Crippen molar-refractivity contribution in [3.63, 3.8) is 0 Å². The van der Waals surface area contributed by atoms with E-state index in [2.05, 4.69) is 39.4 Å². The lowest BCUT2D eigenvalue weighted by atomic mass is 10.1. The lowest BCUT2D eigenvalue weighted by Crippen LogP contribution is -2.18. The standard InChI is InChI=1S/C13H12N4S.CH5N/c1-8(15-14)9-2-3-12-11(6-9)13(17-16-12)10-4-5-18-7-10;1-2/h2-7,15H,1,14H2,(H,16,17);2H2,1H3. The van der Waals surface area contributed by atoms with E-state index in [4.69, 9.17) is 5.84 Å². The third kappa shape index (κ3) is 2.57. The molecule has 0 aliphatic rings. The summed E-state index contributed by atoms with van der Waals surface area (Å²) in [5.74, 6) is 5.38. The number of thiophene rings is 1. The van der Waals surface area contributed by atoms with Gasteiger partial charge in [0.1, 0.15) is 5.69 Å². The van der Waals surface area contributed by atoms with Gasteiger partial charge in [-0.05, 0) is 36.2 Å². The first kappa shape index (κ1) is 14.3. The Labute approximate surface area is 121 Å². The van der Waals surface area contributed by atoms with Crippen LogP contribution >= 0.6 is 11.3 Å². The molecular weight excluding hydrogens is 270 g/mol. The lowest BCUT2D eigenvalue weighted by Gasteiger charge is -2.04. The summed E-state index contributed by atoms with van der Waals surface area (Å²) in [6.07, 6.45) is 0. The van der Waals surface area contributed by atoms with E-state index in [-0.39, 0.29) is 0 Å². The molecule has 0 aliphatic heterocycles. The number of aromatic amines is 1. The average Bonchev–Trinajstić information content (AvgIpc) is 3.16. The van der Waals surface area contributed by atoms with Gasteiger partial charge in [0.2, 0.25) is 0 Å². The third-order valence-corrected chi connectivity index (χ3v) is 3.56. The highest BCUT2D eigenvalue weighted by Gasteiger charge is 2.09. The molecule has 3 rings (SSSR count). The molecule has 0 atom stereocenters. The summed E-state index contributed by atoms with van der Waals surface area (Å²) >= 11 is 1.66. The zero-order valence-electron chi connectivity index (χ0n) is 11.2. The smallest absolute Gasteiger partial charge is 0.101 e. The molecular formula is C14H17N5S. The molecule has 20 heavy (non-hydrogen) atoms. The number of nitrogens with one attached hydrogen (secondary N) is 2. The summed E-state index contributed by atoms with van der Waals surface area (Å²) in [6, 6.07) is 8.03. The van der Waals surface area contributed by atoms with Gasteiger partial charge in [-0.3, -0.25) is 10.9 Å². The van der Waals surface area contributed by atoms with Crippen molar-refractivity contribution < 1.29 is 0 Å². The minimum absolute atomic E-state index is 0.689. The van der Waals surface area contributed by atoms with Crippen LogP contribution in [0.1, 0.15) is 5.56 Å². The van der Waals surface area contributed by atoms with Crippen molar-refractivity contribution in [2.24, 2.45) is 11.6 Å². The van der Waals surface area contributed by atoms with Gasteiger partial charge < -0.3 is 11.2 Å². The van der Waals surface area contributed by atoms with Crippen LogP contribution in [0, 0.1) is 0 Å². The number of nitrogens with two attached hydrogens (primary N) is 2. The van der Waals surface area contributed by atoms with Crippen molar-refractivity contribution in [1.82, 2.24) is 15.6 Å². The Kier molecular flexibility index (Phi) is 4.52. The molecule has 0 fully saturated rings. The van der Waals surface area contributed by atoms with Gasteiger partial charge >= 0.3 is 0 Å². The van der Waals surface area contributed by atoms with Gasteiger partial charge in [0, 0.05) is 22.0 Å². The van der Waals surface area contributed by atoms with E-state index >= 15 is 0 Å². The third-order valence-electron chi connectivity index (χ3n) is 2.88. The Hall–Kier alpha value is -2.15. The van der Waals surface area contributed by atoms with Crippen molar-refractivity contribution in [3.8, 4) is 11.3 Å². The van der Waals surface area contributed by atoms with Gasteiger partial charge in [-0.25, -0.2) is 0 Å². The lowest BCUT2D eigenvalue weighted by molar-refractivity contribution is 0.996. The zero-order chi connectivity index (χ0) is 14.5. The largest absolute Gasteiger partial charge is 0.333 e. The molecule has 6 N–H and O–H groups in total. The molecule has 5 nitrogen and oxygen atoms in total. The maximum Gasteiger partial charge on any atom is 0.101 e. The van der Waals surface area contributed by atoms with Crippen LogP contribution in [0.2, 0.25) is 0 Å². The first-order chi connectivity index (χ1) is 9.79. The summed E-state index contributed by atoms with van der Waals surface area (Å²) in [5.41, 5.74) is 11.8. The summed E-state index contributed by atoms with van der Waals surface area (Å²) in [4.78, 5) is 0. The molecule has 104 valence electrons. The second-order valence-corrected chi connectivity index (χ2v) is 4.75. The quantitative estimate of drug-likeness (QED) is 0.439. The molecule has 0 aliphatic carbocycles. The molecule has 0 spiro atoms. The van der Waals surface area contributed by atoms with E-state index in [1.165, 1.54) is 7.05 Å². The number of H-pyrrole nitrogens is 1. The van der Waals surface area contributed by atoms with Crippen LogP contribution in [0.25, 0.3) is 27.9 Å². The van der Waals surface area contributed by atoms with Crippen molar-refractivity contribution in [3.05, 3.63) is 47.2 Å². The number of aromatic nitrogens is 2. The topological polar surface area (TPSA) is 92.7 Å². The van der Waals surface area contributed by atoms with Crippen molar-refractivity contribution in [2.45, 2.75) is 0 Å². The Morgan fingerprint density at radius 2 is 2.15 bits per heavy atom. The average molecular weight is 287 g/mol. The Morgan fingerprint density at radius 1 is 1.35 bits per heavy atom. The monoisotopic (exact) mass is 287 g/mol. The van der Waals surface area contributed by atoms with E-state index in [0.29, 0.717) is 5.70 Å². The molecule has 0 unspecified atom stereocenters. The number of hydrogen-bond donors (Lipinski definition) is 4. The van der Waals surface area contributed by atoms with E-state index < -0.39 is 0 Å². The minimum Gasteiger partial charge on any atom is -0.333 e. The van der Waals surface area contributed by atoms with Crippen LogP contribution in [0.3, 0.4) is 0 Å². The maximum absolute atomic E-state index is 5.38. The zero-order valence-corrected chi connectivity index (χ0v) is 12.0. The van der Waals surface area contributed by atoms with Crippen molar-refractivity contribution >= 4 is 27.9 Å². The van der Waals surface area contributed by atoms with E-state index in [0.717, 1.165) is 27.7 Å². The molecule has 1 aromatic carbocycles. The van der Waals surface area contributed by atoms with Gasteiger partial charge in [0.05, 0.1) is 5.52 Å². The number of benzene rings is 1. The molecule has 0 saturated carbocycles. The Morgan fingerprint density at radius 3 is 2.80 bits per heavy atom. The van der Waals surface area contributed by atoms with Crippen LogP contribution in [-0.2, 0) is 0 Å². The maximum atomic E-state index is 5.38. The first-order valence-corrected chi connectivity index (χ1v) is 6.98. The van der Waals surface area contributed by atoms with Gasteiger partial charge in [-0.15, -0.1) is 0 Å². The number of hydrogen-bond acceptors (Lipinski definition) is 5. The molecule has 6 heteroatoms. The second-order valence-electron chi connectivity index (χ2n) is 3.97.